The number of hydrogen-bond donors (Lipinski definition) is 2. The van der Waals surface area contributed by atoms with Crippen LogP contribution in [-0.2, 0) is 10.0 Å². The number of nitrogens with one attached hydrogen (secondary N) is 1. The highest BCUT2D eigenvalue weighted by molar-refractivity contribution is 7.92. The van der Waals surface area contributed by atoms with Crippen LogP contribution >= 0.6 is 23.2 Å². The number of halogens is 2. The minimum atomic E-state index is -4.05. The van der Waals surface area contributed by atoms with Crippen LogP contribution in [0.3, 0.4) is 0 Å². The maximum atomic E-state index is 12.5. The minimum Gasteiger partial charge on any atom is -0.478 e. The van der Waals surface area contributed by atoms with Crippen LogP contribution in [0.15, 0.2) is 35.2 Å². The van der Waals surface area contributed by atoms with Crippen LogP contribution in [0.5, 0.6) is 0 Å². The van der Waals surface area contributed by atoms with Crippen molar-refractivity contribution in [3.63, 3.8) is 0 Å². The molecular weight excluding hydrogens is 361 g/mol. The predicted octanol–water partition coefficient (Wildman–Crippen LogP) is 4.11. The van der Waals surface area contributed by atoms with Crippen LogP contribution in [0, 0.1) is 13.8 Å². The molecule has 0 saturated carbocycles. The highest BCUT2D eigenvalue weighted by atomic mass is 35.5. The van der Waals surface area contributed by atoms with Crippen molar-refractivity contribution in [2.75, 3.05) is 4.72 Å². The summed E-state index contributed by atoms with van der Waals surface area (Å²) in [6.45, 7) is 3.67. The van der Waals surface area contributed by atoms with Crippen LogP contribution in [-0.4, -0.2) is 19.5 Å². The Bertz CT molecular complexity index is 874. The molecule has 0 saturated heterocycles. The minimum absolute atomic E-state index is 0.132. The Kier molecular flexibility index (Phi) is 4.89. The average molecular weight is 374 g/mol. The molecule has 0 unspecified atom stereocenters. The Morgan fingerprint density at radius 2 is 1.57 bits per heavy atom. The lowest BCUT2D eigenvalue weighted by Crippen LogP contribution is -2.15. The van der Waals surface area contributed by atoms with Crippen LogP contribution in [0.4, 0.5) is 5.69 Å². The fourth-order valence-corrected chi connectivity index (χ4v) is 4.04. The van der Waals surface area contributed by atoms with Gasteiger partial charge >= 0.3 is 5.97 Å². The molecule has 2 N–H and O–H groups in total. The van der Waals surface area contributed by atoms with E-state index in [4.69, 9.17) is 28.3 Å². The molecule has 0 radical (unpaired) electrons. The van der Waals surface area contributed by atoms with Gasteiger partial charge in [-0.2, -0.15) is 0 Å². The van der Waals surface area contributed by atoms with Gasteiger partial charge in [0.1, 0.15) is 4.90 Å². The standard InChI is InChI=1S/C15H13Cl2NO4S/c1-8-3-9(2)5-10(4-8)18-23(21,22)14-6-11(15(19)20)12(16)7-13(14)17/h3-7,18H,1-2H3,(H,19,20). The second kappa shape index (κ2) is 6.39. The molecule has 0 aliphatic heterocycles. The van der Waals surface area contributed by atoms with Crippen LogP contribution < -0.4 is 4.72 Å². The fraction of sp³-hybridized carbons (Fsp3) is 0.133. The van der Waals surface area contributed by atoms with Gasteiger partial charge in [-0.25, -0.2) is 13.2 Å². The summed E-state index contributed by atoms with van der Waals surface area (Å²) >= 11 is 11.7. The molecule has 5 nitrogen and oxygen atoms in total. The summed E-state index contributed by atoms with van der Waals surface area (Å²) in [5.41, 5.74) is 1.80. The maximum absolute atomic E-state index is 12.5. The number of anilines is 1. The maximum Gasteiger partial charge on any atom is 0.337 e. The third kappa shape index (κ3) is 3.96. The van der Waals surface area contributed by atoms with Crippen molar-refractivity contribution in [1.82, 2.24) is 0 Å². The van der Waals surface area contributed by atoms with Crippen molar-refractivity contribution >= 4 is 44.9 Å². The van der Waals surface area contributed by atoms with E-state index in [2.05, 4.69) is 4.72 Å². The van der Waals surface area contributed by atoms with Crippen LogP contribution in [0.25, 0.3) is 0 Å². The van der Waals surface area contributed by atoms with E-state index in [-0.39, 0.29) is 20.5 Å². The van der Waals surface area contributed by atoms with Crippen molar-refractivity contribution in [1.29, 1.82) is 0 Å². The number of benzene rings is 2. The summed E-state index contributed by atoms with van der Waals surface area (Å²) in [5.74, 6) is -1.34. The first-order valence-corrected chi connectivity index (χ1v) is 8.67. The van der Waals surface area contributed by atoms with E-state index in [0.717, 1.165) is 23.3 Å². The second-order valence-electron chi connectivity index (χ2n) is 5.05. The lowest BCUT2D eigenvalue weighted by molar-refractivity contribution is 0.0697. The number of carboxylic acid groups (broad SMARTS) is 1. The van der Waals surface area contributed by atoms with E-state index < -0.39 is 16.0 Å². The van der Waals surface area contributed by atoms with Crippen molar-refractivity contribution in [3.8, 4) is 0 Å². The molecule has 122 valence electrons. The number of hydrogen-bond acceptors (Lipinski definition) is 3. The zero-order valence-corrected chi connectivity index (χ0v) is 14.6. The molecule has 0 aliphatic carbocycles. The van der Waals surface area contributed by atoms with Crippen molar-refractivity contribution in [2.45, 2.75) is 18.7 Å². The third-order valence-electron chi connectivity index (χ3n) is 3.02. The summed E-state index contributed by atoms with van der Waals surface area (Å²) in [7, 11) is -4.05. The van der Waals surface area contributed by atoms with E-state index in [1.54, 1.807) is 12.1 Å². The molecule has 0 bridgehead atoms. The first-order chi connectivity index (χ1) is 10.6. The summed E-state index contributed by atoms with van der Waals surface area (Å²) in [6.07, 6.45) is 0. The first-order valence-electron chi connectivity index (χ1n) is 6.43. The SMILES string of the molecule is Cc1cc(C)cc(NS(=O)(=O)c2cc(C(=O)O)c(Cl)cc2Cl)c1. The summed E-state index contributed by atoms with van der Waals surface area (Å²) in [5, 5.41) is 8.78. The number of carbonyl (C=O) groups is 1. The second-order valence-corrected chi connectivity index (χ2v) is 7.51. The molecule has 0 fully saturated rings. The Morgan fingerprint density at radius 3 is 2.09 bits per heavy atom. The van der Waals surface area contributed by atoms with Gasteiger partial charge in [0, 0.05) is 5.69 Å². The zero-order valence-electron chi connectivity index (χ0n) is 12.2. The molecule has 2 aromatic rings. The summed E-state index contributed by atoms with van der Waals surface area (Å²) in [6, 6.07) is 7.26. The van der Waals surface area contributed by atoms with Crippen LogP contribution in [0.1, 0.15) is 21.5 Å². The normalized spacial score (nSPS) is 11.3. The number of aromatic carboxylic acids is 1. The fourth-order valence-electron chi connectivity index (χ4n) is 2.14. The Hall–Kier alpha value is -1.76. The number of carboxylic acids is 1. The molecule has 23 heavy (non-hydrogen) atoms. The van der Waals surface area contributed by atoms with Crippen molar-refractivity contribution in [2.24, 2.45) is 0 Å². The van der Waals surface area contributed by atoms with E-state index in [9.17, 15) is 13.2 Å². The molecule has 0 spiro atoms. The molecule has 2 aromatic carbocycles. The molecule has 0 aromatic heterocycles. The number of aryl methyl sites for hydroxylation is 2. The molecule has 8 heteroatoms. The molecule has 0 heterocycles. The Morgan fingerprint density at radius 1 is 1.00 bits per heavy atom. The quantitative estimate of drug-likeness (QED) is 0.844. The van der Waals surface area contributed by atoms with Gasteiger partial charge in [0.05, 0.1) is 15.6 Å². The topological polar surface area (TPSA) is 83.5 Å². The van der Waals surface area contributed by atoms with Gasteiger partial charge in [-0.15, -0.1) is 0 Å². The van der Waals surface area contributed by atoms with Gasteiger partial charge in [-0.1, -0.05) is 29.3 Å². The third-order valence-corrected chi connectivity index (χ3v) is 5.17. The highest BCUT2D eigenvalue weighted by Crippen LogP contribution is 2.30. The van der Waals surface area contributed by atoms with Gasteiger partial charge in [-0.05, 0) is 49.2 Å². The van der Waals surface area contributed by atoms with E-state index in [0.29, 0.717) is 5.69 Å². The number of sulfonamides is 1. The van der Waals surface area contributed by atoms with Gasteiger partial charge in [0.25, 0.3) is 10.0 Å². The van der Waals surface area contributed by atoms with Crippen molar-refractivity contribution < 1.29 is 18.3 Å². The van der Waals surface area contributed by atoms with Gasteiger partial charge in [0.2, 0.25) is 0 Å². The van der Waals surface area contributed by atoms with Gasteiger partial charge < -0.3 is 5.11 Å². The monoisotopic (exact) mass is 373 g/mol. The van der Waals surface area contributed by atoms with Crippen molar-refractivity contribution in [3.05, 3.63) is 57.1 Å². The predicted molar refractivity (Wildman–Crippen MR) is 90.1 cm³/mol. The lowest BCUT2D eigenvalue weighted by Gasteiger charge is -2.12. The average Bonchev–Trinajstić information content (AvgIpc) is 2.35. The number of rotatable bonds is 4. The van der Waals surface area contributed by atoms with E-state index in [1.807, 2.05) is 19.9 Å². The Labute approximate surface area is 143 Å². The summed E-state index contributed by atoms with van der Waals surface area (Å²) < 4.78 is 27.4. The largest absolute Gasteiger partial charge is 0.478 e. The van der Waals surface area contributed by atoms with E-state index in [1.165, 1.54) is 0 Å². The van der Waals surface area contributed by atoms with Gasteiger partial charge in [0.15, 0.2) is 0 Å². The molecule has 0 atom stereocenters. The summed E-state index contributed by atoms with van der Waals surface area (Å²) in [4.78, 5) is 10.8. The van der Waals surface area contributed by atoms with Gasteiger partial charge in [-0.3, -0.25) is 4.72 Å². The highest BCUT2D eigenvalue weighted by Gasteiger charge is 2.22. The molecule has 0 amide bonds. The first kappa shape index (κ1) is 17.6. The smallest absolute Gasteiger partial charge is 0.337 e. The molecule has 2 rings (SSSR count). The molecular formula is C15H13Cl2NO4S. The Balaban J connectivity index is 2.51. The van der Waals surface area contributed by atoms with E-state index >= 15 is 0 Å². The lowest BCUT2D eigenvalue weighted by atomic mass is 10.1. The van der Waals surface area contributed by atoms with Crippen LogP contribution in [0.2, 0.25) is 10.0 Å². The zero-order chi connectivity index (χ0) is 17.4. The molecule has 0 aliphatic rings.